The number of carbonyl (C=O) groups excluding carboxylic acids is 2. The van der Waals surface area contributed by atoms with Gasteiger partial charge in [0.05, 0.1) is 42.1 Å². The van der Waals surface area contributed by atoms with E-state index in [-0.39, 0.29) is 54.1 Å². The number of carbonyl (C=O) groups is 2. The summed E-state index contributed by atoms with van der Waals surface area (Å²) >= 11 is 1.66. The third kappa shape index (κ3) is 7.05. The van der Waals surface area contributed by atoms with E-state index in [0.717, 1.165) is 69.0 Å². The van der Waals surface area contributed by atoms with Crippen LogP contribution in [0.4, 0.5) is 4.39 Å². The third-order valence-corrected chi connectivity index (χ3v) is 14.3. The molecular formula is C39H55FN6O3S. The zero-order valence-corrected chi connectivity index (χ0v) is 30.6. The number of benzene rings is 1. The van der Waals surface area contributed by atoms with Crippen molar-refractivity contribution >= 4 is 23.5 Å². The van der Waals surface area contributed by atoms with Crippen molar-refractivity contribution in [3.05, 3.63) is 47.8 Å². The summed E-state index contributed by atoms with van der Waals surface area (Å²) in [6.07, 6.45) is 13.6. The zero-order valence-electron chi connectivity index (χ0n) is 29.7. The number of hydrogen-bond donors (Lipinski definition) is 1. The standard InChI is InChI=1S/C39H55FN6O3S/c1-3-34(47)45-22-21-44(24-29(45)17-19-41)37-31-16-18-39(23-27-11-9-15-33(40)32(27)26-50-39)36(48)35(31)46(28-12-7-5-4-6-8-13-28)38(42-37)49-25-30-14-10-20-43(30)2/h3,9,11,15,28-31,35,37-38,42H,1,4-8,10,12-14,16-18,20-26H2,2H3/t29?,30?,31?,35?,37?,38?,39-/m0/s1. The molecule has 2 saturated carbocycles. The van der Waals surface area contributed by atoms with E-state index in [2.05, 4.69) is 39.7 Å². The van der Waals surface area contributed by atoms with Crippen molar-refractivity contribution in [2.45, 2.75) is 131 Å². The van der Waals surface area contributed by atoms with Gasteiger partial charge in [0.2, 0.25) is 5.91 Å². The first kappa shape index (κ1) is 36.0. The van der Waals surface area contributed by atoms with Gasteiger partial charge >= 0.3 is 0 Å². The molecule has 7 rings (SSSR count). The Morgan fingerprint density at radius 2 is 1.92 bits per heavy atom. The van der Waals surface area contributed by atoms with Gasteiger partial charge in [-0.1, -0.05) is 50.8 Å². The lowest BCUT2D eigenvalue weighted by molar-refractivity contribution is -0.200. The molecule has 50 heavy (non-hydrogen) atoms. The van der Waals surface area contributed by atoms with Crippen molar-refractivity contribution in [2.24, 2.45) is 5.92 Å². The van der Waals surface area contributed by atoms with Gasteiger partial charge in [0.15, 0.2) is 12.1 Å². The Morgan fingerprint density at radius 1 is 1.12 bits per heavy atom. The molecular weight excluding hydrogens is 652 g/mol. The van der Waals surface area contributed by atoms with Gasteiger partial charge in [-0.15, -0.1) is 11.8 Å². The number of likely N-dealkylation sites (N-methyl/N-ethyl adjacent to an activating group) is 1. The molecule has 1 spiro atoms. The minimum Gasteiger partial charge on any atom is -0.348 e. The molecule has 11 heteroatoms. The van der Waals surface area contributed by atoms with Crippen LogP contribution in [-0.4, -0.2) is 113 Å². The van der Waals surface area contributed by atoms with E-state index >= 15 is 4.79 Å². The van der Waals surface area contributed by atoms with Crippen molar-refractivity contribution in [2.75, 3.05) is 39.8 Å². The number of fused-ring (bicyclic) bond motifs is 2. The second-order valence-corrected chi connectivity index (χ2v) is 17.0. The Hall–Kier alpha value is -2.33. The maximum absolute atomic E-state index is 15.5. The summed E-state index contributed by atoms with van der Waals surface area (Å²) in [6, 6.07) is 7.64. The molecule has 0 aromatic heterocycles. The van der Waals surface area contributed by atoms with E-state index in [4.69, 9.17) is 4.74 Å². The number of piperazine rings is 1. The van der Waals surface area contributed by atoms with Crippen LogP contribution in [0.1, 0.15) is 88.2 Å². The molecule has 2 aliphatic carbocycles. The number of hydrogen-bond acceptors (Lipinski definition) is 9. The van der Waals surface area contributed by atoms with Crippen molar-refractivity contribution in [1.82, 2.24) is 24.9 Å². The third-order valence-electron chi connectivity index (χ3n) is 12.8. The first-order valence-corrected chi connectivity index (χ1v) is 20.2. The van der Waals surface area contributed by atoms with Gasteiger partial charge in [0, 0.05) is 49.0 Å². The number of amides is 1. The van der Waals surface area contributed by atoms with Crippen LogP contribution in [0.2, 0.25) is 0 Å². The molecule has 4 aliphatic heterocycles. The fourth-order valence-electron chi connectivity index (χ4n) is 10.0. The number of halogens is 1. The predicted molar refractivity (Wildman–Crippen MR) is 193 cm³/mol. The van der Waals surface area contributed by atoms with Crippen molar-refractivity contribution in [3.63, 3.8) is 0 Å². The van der Waals surface area contributed by atoms with Gasteiger partial charge in [0.25, 0.3) is 0 Å². The first-order valence-electron chi connectivity index (χ1n) is 19.2. The number of nitrogens with one attached hydrogen (secondary N) is 1. The van der Waals surface area contributed by atoms with Crippen molar-refractivity contribution in [3.8, 4) is 6.07 Å². The van der Waals surface area contributed by atoms with Gasteiger partial charge in [0.1, 0.15) is 5.82 Å². The Labute approximate surface area is 301 Å². The average molecular weight is 707 g/mol. The normalized spacial score (nSPS) is 34.8. The SMILES string of the molecule is C=CC(=O)N1CCN(C2NC(OCC3CCCN3C)N(C3CCCCCCC3)C3C(=O)[C@]4(CCC23)Cc2cccc(F)c2CS4)CC1CC#N. The molecule has 9 nitrogen and oxygen atoms in total. The maximum atomic E-state index is 15.5. The van der Waals surface area contributed by atoms with Crippen molar-refractivity contribution < 1.29 is 18.7 Å². The highest BCUT2D eigenvalue weighted by molar-refractivity contribution is 8.00. The van der Waals surface area contributed by atoms with E-state index < -0.39 is 11.1 Å². The van der Waals surface area contributed by atoms with E-state index in [1.807, 2.05) is 6.07 Å². The fraction of sp³-hybridized carbons (Fsp3) is 0.718. The lowest BCUT2D eigenvalue weighted by Gasteiger charge is -2.59. The number of rotatable bonds is 7. The molecule has 4 heterocycles. The number of likely N-dealkylation sites (tertiary alicyclic amines) is 1. The number of nitriles is 1. The molecule has 3 saturated heterocycles. The Morgan fingerprint density at radius 3 is 2.66 bits per heavy atom. The summed E-state index contributed by atoms with van der Waals surface area (Å²) < 4.78 is 21.3. The van der Waals surface area contributed by atoms with Crippen LogP contribution in [0.5, 0.6) is 0 Å². The Balaban J connectivity index is 1.25. The van der Waals surface area contributed by atoms with Crippen molar-refractivity contribution in [1.29, 1.82) is 5.26 Å². The number of thioether (sulfide) groups is 1. The molecule has 5 fully saturated rings. The molecule has 1 amide bonds. The second-order valence-electron chi connectivity index (χ2n) is 15.6. The molecule has 6 aliphatic rings. The molecule has 1 aromatic carbocycles. The van der Waals surface area contributed by atoms with Crippen LogP contribution in [-0.2, 0) is 26.5 Å². The second kappa shape index (κ2) is 15.7. The summed E-state index contributed by atoms with van der Waals surface area (Å²) in [5, 5.41) is 13.7. The Bertz CT molecular complexity index is 1450. The van der Waals surface area contributed by atoms with E-state index in [9.17, 15) is 14.4 Å². The molecule has 0 bridgehead atoms. The van der Waals surface area contributed by atoms with E-state index in [0.29, 0.717) is 44.5 Å². The highest BCUT2D eigenvalue weighted by Gasteiger charge is 2.59. The van der Waals surface area contributed by atoms with E-state index in [1.165, 1.54) is 31.4 Å². The van der Waals surface area contributed by atoms with Crippen LogP contribution in [0.15, 0.2) is 30.9 Å². The Kier molecular flexibility index (Phi) is 11.3. The predicted octanol–water partition coefficient (Wildman–Crippen LogP) is 5.05. The highest BCUT2D eigenvalue weighted by atomic mass is 32.2. The topological polar surface area (TPSA) is 92.2 Å². The number of ether oxygens (including phenoxy) is 1. The largest absolute Gasteiger partial charge is 0.348 e. The number of ketones is 1. The summed E-state index contributed by atoms with van der Waals surface area (Å²) in [4.78, 5) is 37.4. The monoisotopic (exact) mass is 706 g/mol. The fourth-order valence-corrected chi connectivity index (χ4v) is 11.6. The highest BCUT2D eigenvalue weighted by Crippen LogP contribution is 2.51. The molecule has 272 valence electrons. The zero-order chi connectivity index (χ0) is 34.8. The first-order chi connectivity index (χ1) is 24.3. The molecule has 6 unspecified atom stereocenters. The van der Waals surface area contributed by atoms with Gasteiger partial charge in [-0.3, -0.25) is 24.7 Å². The van der Waals surface area contributed by atoms with E-state index in [1.54, 1.807) is 22.7 Å². The van der Waals surface area contributed by atoms with Crippen LogP contribution < -0.4 is 5.32 Å². The van der Waals surface area contributed by atoms with Crippen LogP contribution >= 0.6 is 11.8 Å². The van der Waals surface area contributed by atoms with Crippen LogP contribution in [0, 0.1) is 23.1 Å². The lowest BCUT2D eigenvalue weighted by Crippen LogP contribution is -2.77. The smallest absolute Gasteiger partial charge is 0.246 e. The summed E-state index contributed by atoms with van der Waals surface area (Å²) in [7, 11) is 2.18. The van der Waals surface area contributed by atoms with Crippen LogP contribution in [0.3, 0.4) is 0 Å². The average Bonchev–Trinajstić information content (AvgIpc) is 3.52. The summed E-state index contributed by atoms with van der Waals surface area (Å²) in [5.74, 6) is 0.501. The summed E-state index contributed by atoms with van der Waals surface area (Å²) in [6.45, 7) is 7.08. The van der Waals surface area contributed by atoms with Gasteiger partial charge in [-0.2, -0.15) is 5.26 Å². The van der Waals surface area contributed by atoms with Gasteiger partial charge in [-0.25, -0.2) is 4.39 Å². The molecule has 1 aromatic rings. The van der Waals surface area contributed by atoms with Gasteiger partial charge in [-0.05, 0) is 76.2 Å². The molecule has 0 radical (unpaired) electrons. The lowest BCUT2D eigenvalue weighted by atomic mass is 9.70. The number of nitrogens with zero attached hydrogens (tertiary/aromatic N) is 5. The molecule has 7 atom stereocenters. The van der Waals surface area contributed by atoms with Crippen LogP contribution in [0.25, 0.3) is 0 Å². The maximum Gasteiger partial charge on any atom is 0.246 e. The van der Waals surface area contributed by atoms with Gasteiger partial charge < -0.3 is 14.5 Å². The minimum absolute atomic E-state index is 0.0199. The summed E-state index contributed by atoms with van der Waals surface area (Å²) in [5.41, 5.74) is 1.72. The quantitative estimate of drug-likeness (QED) is 0.391. The number of Topliss-reactive ketones (excluding diaryl/α,β-unsaturated/α-hetero) is 1. The molecule has 1 N–H and O–H groups in total. The minimum atomic E-state index is -0.599.